The molecule has 1 aromatic rings. The molecule has 1 saturated carbocycles. The zero-order valence-corrected chi connectivity index (χ0v) is 11.8. The Morgan fingerprint density at radius 1 is 1.63 bits per heavy atom. The quantitative estimate of drug-likeness (QED) is 0.889. The molecule has 0 aromatic carbocycles. The molecule has 0 bridgehead atoms. The van der Waals surface area contributed by atoms with Crippen molar-refractivity contribution in [2.75, 3.05) is 25.1 Å². The maximum absolute atomic E-state index is 9.10. The minimum atomic E-state index is -0.0268. The van der Waals surface area contributed by atoms with Crippen LogP contribution in [0.4, 0.5) is 5.82 Å². The molecule has 1 aliphatic heterocycles. The van der Waals surface area contributed by atoms with Crippen molar-refractivity contribution in [2.24, 2.45) is 5.92 Å². The number of rotatable bonds is 4. The Balaban J connectivity index is 1.86. The molecule has 3 unspecified atom stereocenters. The van der Waals surface area contributed by atoms with Gasteiger partial charge in [0.2, 0.25) is 0 Å². The van der Waals surface area contributed by atoms with Crippen molar-refractivity contribution in [1.82, 2.24) is 4.98 Å². The number of aliphatic hydroxyl groups excluding tert-OH is 1. The van der Waals surface area contributed by atoms with Crippen LogP contribution in [0.1, 0.15) is 25.5 Å². The van der Waals surface area contributed by atoms with Gasteiger partial charge >= 0.3 is 0 Å². The lowest BCUT2D eigenvalue weighted by molar-refractivity contribution is 0.0794. The molecule has 3 rings (SSSR count). The first-order valence-electron chi connectivity index (χ1n) is 6.77. The lowest BCUT2D eigenvalue weighted by Gasteiger charge is -2.23. The van der Waals surface area contributed by atoms with E-state index in [0.29, 0.717) is 10.9 Å². The van der Waals surface area contributed by atoms with E-state index in [1.165, 1.54) is 0 Å². The normalized spacial score (nSPS) is 30.6. The first kappa shape index (κ1) is 13.2. The van der Waals surface area contributed by atoms with E-state index >= 15 is 0 Å². The van der Waals surface area contributed by atoms with Crippen LogP contribution in [0.25, 0.3) is 0 Å². The molecule has 2 aliphatic rings. The topological polar surface area (TPSA) is 54.4 Å². The molecule has 104 valence electrons. The van der Waals surface area contributed by atoms with E-state index in [1.807, 2.05) is 19.1 Å². The Hall–Kier alpha value is -0.840. The number of ether oxygens (including phenoxy) is 1. The van der Waals surface area contributed by atoms with Crippen molar-refractivity contribution in [3.8, 4) is 0 Å². The van der Waals surface area contributed by atoms with Crippen LogP contribution in [0.2, 0.25) is 5.02 Å². The number of hydrogen-bond acceptors (Lipinski definition) is 4. The highest BCUT2D eigenvalue weighted by atomic mass is 35.5. The third-order valence-electron chi connectivity index (χ3n) is 4.21. The first-order valence-corrected chi connectivity index (χ1v) is 7.15. The Morgan fingerprint density at radius 2 is 2.47 bits per heavy atom. The number of halogens is 1. The van der Waals surface area contributed by atoms with Gasteiger partial charge in [-0.1, -0.05) is 11.6 Å². The largest absolute Gasteiger partial charge is 0.394 e. The van der Waals surface area contributed by atoms with E-state index in [-0.39, 0.29) is 18.1 Å². The van der Waals surface area contributed by atoms with Crippen molar-refractivity contribution < 1.29 is 9.84 Å². The lowest BCUT2D eigenvalue weighted by Crippen LogP contribution is -2.24. The molecule has 0 amide bonds. The summed E-state index contributed by atoms with van der Waals surface area (Å²) in [6.45, 7) is 3.63. The smallest absolute Gasteiger partial charge is 0.128 e. The zero-order chi connectivity index (χ0) is 13.5. The predicted molar refractivity (Wildman–Crippen MR) is 74.6 cm³/mol. The Labute approximate surface area is 118 Å². The minimum absolute atomic E-state index is 0.0268. The van der Waals surface area contributed by atoms with Crippen LogP contribution < -0.4 is 5.32 Å². The second kappa shape index (κ2) is 4.93. The molecule has 4 nitrogen and oxygen atoms in total. The summed E-state index contributed by atoms with van der Waals surface area (Å²) in [4.78, 5) is 4.70. The number of nitrogens with one attached hydrogen (secondary N) is 1. The van der Waals surface area contributed by atoms with Gasteiger partial charge in [0.25, 0.3) is 0 Å². The SMILES string of the molecule is CC(CO)Nc1cc(Cl)cc(C23CCOCC2C3)n1. The molecule has 0 spiro atoms. The molecular weight excluding hydrogens is 264 g/mol. The van der Waals surface area contributed by atoms with Crippen molar-refractivity contribution in [3.05, 3.63) is 22.8 Å². The van der Waals surface area contributed by atoms with E-state index in [4.69, 9.17) is 26.4 Å². The van der Waals surface area contributed by atoms with Crippen molar-refractivity contribution >= 4 is 17.4 Å². The predicted octanol–water partition coefficient (Wildman–Crippen LogP) is 2.21. The van der Waals surface area contributed by atoms with Crippen LogP contribution in [0.5, 0.6) is 0 Å². The van der Waals surface area contributed by atoms with Crippen molar-refractivity contribution in [3.63, 3.8) is 0 Å². The van der Waals surface area contributed by atoms with E-state index in [0.717, 1.165) is 37.6 Å². The Morgan fingerprint density at radius 3 is 3.21 bits per heavy atom. The third-order valence-corrected chi connectivity index (χ3v) is 4.43. The number of aromatic nitrogens is 1. The number of aliphatic hydroxyl groups is 1. The van der Waals surface area contributed by atoms with Gasteiger partial charge in [0.15, 0.2) is 0 Å². The summed E-state index contributed by atoms with van der Waals surface area (Å²) in [6.07, 6.45) is 2.18. The van der Waals surface area contributed by atoms with E-state index in [9.17, 15) is 0 Å². The highest BCUT2D eigenvalue weighted by Crippen LogP contribution is 2.58. The van der Waals surface area contributed by atoms with Gasteiger partial charge in [-0.05, 0) is 37.8 Å². The molecule has 1 aromatic heterocycles. The van der Waals surface area contributed by atoms with Crippen LogP contribution in [0, 0.1) is 5.92 Å². The minimum Gasteiger partial charge on any atom is -0.394 e. The lowest BCUT2D eigenvalue weighted by atomic mass is 9.93. The fraction of sp³-hybridized carbons (Fsp3) is 0.643. The van der Waals surface area contributed by atoms with Gasteiger partial charge in [-0.25, -0.2) is 4.98 Å². The summed E-state index contributed by atoms with van der Waals surface area (Å²) in [6, 6.07) is 3.76. The second-order valence-electron chi connectivity index (χ2n) is 5.67. The molecule has 19 heavy (non-hydrogen) atoms. The number of pyridine rings is 1. The van der Waals surface area contributed by atoms with Crippen LogP contribution >= 0.6 is 11.6 Å². The molecule has 2 fully saturated rings. The van der Waals surface area contributed by atoms with Crippen LogP contribution in [0.3, 0.4) is 0 Å². The van der Waals surface area contributed by atoms with Gasteiger partial charge < -0.3 is 15.2 Å². The molecule has 1 aliphatic carbocycles. The van der Waals surface area contributed by atoms with Gasteiger partial charge in [0.05, 0.1) is 18.9 Å². The van der Waals surface area contributed by atoms with Crippen molar-refractivity contribution in [2.45, 2.75) is 31.2 Å². The first-order chi connectivity index (χ1) is 9.14. The van der Waals surface area contributed by atoms with Gasteiger partial charge in [-0.3, -0.25) is 0 Å². The summed E-state index contributed by atoms with van der Waals surface area (Å²) < 4.78 is 5.50. The number of nitrogens with zero attached hydrogens (tertiary/aromatic N) is 1. The van der Waals surface area contributed by atoms with Crippen LogP contribution in [-0.2, 0) is 10.2 Å². The van der Waals surface area contributed by atoms with E-state index < -0.39 is 0 Å². The molecule has 0 radical (unpaired) electrons. The summed E-state index contributed by atoms with van der Waals surface area (Å²) in [7, 11) is 0. The average Bonchev–Trinajstić information content (AvgIpc) is 3.13. The fourth-order valence-electron chi connectivity index (χ4n) is 2.95. The fourth-order valence-corrected chi connectivity index (χ4v) is 3.16. The number of hydrogen-bond donors (Lipinski definition) is 2. The van der Waals surface area contributed by atoms with E-state index in [1.54, 1.807) is 0 Å². The van der Waals surface area contributed by atoms with Crippen molar-refractivity contribution in [1.29, 1.82) is 0 Å². The maximum atomic E-state index is 9.10. The molecule has 3 atom stereocenters. The van der Waals surface area contributed by atoms with Gasteiger partial charge in [0.1, 0.15) is 5.82 Å². The van der Waals surface area contributed by atoms with Crippen LogP contribution in [-0.4, -0.2) is 36.0 Å². The second-order valence-corrected chi connectivity index (χ2v) is 6.10. The molecule has 2 N–H and O–H groups in total. The molecular formula is C14H19ClN2O2. The highest BCUT2D eigenvalue weighted by molar-refractivity contribution is 6.30. The average molecular weight is 283 g/mol. The Kier molecular flexibility index (Phi) is 3.41. The Bertz CT molecular complexity index is 483. The standard InChI is InChI=1S/C14H19ClN2O2/c1-9(7-18)16-13-5-11(15)4-12(17-13)14-2-3-19-8-10(14)6-14/h4-5,9-10,18H,2-3,6-8H2,1H3,(H,16,17). The van der Waals surface area contributed by atoms with Gasteiger partial charge in [0, 0.05) is 23.1 Å². The third kappa shape index (κ3) is 2.45. The number of anilines is 1. The maximum Gasteiger partial charge on any atom is 0.128 e. The van der Waals surface area contributed by atoms with Gasteiger partial charge in [-0.2, -0.15) is 0 Å². The molecule has 5 heteroatoms. The van der Waals surface area contributed by atoms with Crippen LogP contribution in [0.15, 0.2) is 12.1 Å². The molecule has 1 saturated heterocycles. The monoisotopic (exact) mass is 282 g/mol. The highest BCUT2D eigenvalue weighted by Gasteiger charge is 2.57. The molecule has 2 heterocycles. The van der Waals surface area contributed by atoms with Gasteiger partial charge in [-0.15, -0.1) is 0 Å². The summed E-state index contributed by atoms with van der Waals surface area (Å²) in [5.74, 6) is 1.34. The summed E-state index contributed by atoms with van der Waals surface area (Å²) in [5.41, 5.74) is 1.25. The summed E-state index contributed by atoms with van der Waals surface area (Å²) >= 11 is 6.20. The zero-order valence-electron chi connectivity index (χ0n) is 11.0. The number of fused-ring (bicyclic) bond motifs is 1. The summed E-state index contributed by atoms with van der Waals surface area (Å²) in [5, 5.41) is 13.0. The van der Waals surface area contributed by atoms with E-state index in [2.05, 4.69) is 5.32 Å².